The van der Waals surface area contributed by atoms with E-state index in [4.69, 9.17) is 0 Å². The third-order valence-corrected chi connectivity index (χ3v) is 7.06. The van der Waals surface area contributed by atoms with E-state index in [1.54, 1.807) is 6.20 Å². The van der Waals surface area contributed by atoms with E-state index in [-0.39, 0.29) is 20.9 Å². The molecule has 0 saturated heterocycles. The molecule has 0 unspecified atom stereocenters. The summed E-state index contributed by atoms with van der Waals surface area (Å²) in [7, 11) is 0. The Bertz CT molecular complexity index is 664. The van der Waals surface area contributed by atoms with Crippen LogP contribution in [0.3, 0.4) is 0 Å². The Morgan fingerprint density at radius 3 is 2.45 bits per heavy atom. The minimum Gasteiger partial charge on any atom is -0.293 e. The SMILES string of the molecule is CC1(C)[C@H](Br)C(=O)c2cnn(-c3ccccc3)c2[C@@H]1Br. The molecule has 0 amide bonds. The van der Waals surface area contributed by atoms with Gasteiger partial charge in [0.25, 0.3) is 0 Å². The lowest BCUT2D eigenvalue weighted by Gasteiger charge is -2.38. The molecule has 3 rings (SSSR count). The van der Waals surface area contributed by atoms with Crippen molar-refractivity contribution in [3.63, 3.8) is 0 Å². The third kappa shape index (κ3) is 1.91. The topological polar surface area (TPSA) is 34.9 Å². The van der Waals surface area contributed by atoms with Gasteiger partial charge in [0.05, 0.1) is 32.8 Å². The van der Waals surface area contributed by atoms with Gasteiger partial charge in [-0.25, -0.2) is 4.68 Å². The molecule has 0 spiro atoms. The summed E-state index contributed by atoms with van der Waals surface area (Å²) in [4.78, 5) is 12.3. The van der Waals surface area contributed by atoms with Crippen molar-refractivity contribution in [1.82, 2.24) is 9.78 Å². The molecule has 0 radical (unpaired) electrons. The second-order valence-corrected chi connectivity index (χ2v) is 7.43. The van der Waals surface area contributed by atoms with E-state index in [9.17, 15) is 4.79 Å². The minimum absolute atomic E-state index is 0.0507. The number of halogens is 2. The number of carbonyl (C=O) groups excluding carboxylic acids is 1. The summed E-state index contributed by atoms with van der Waals surface area (Å²) < 4.78 is 1.85. The van der Waals surface area contributed by atoms with Gasteiger partial charge in [-0.1, -0.05) is 63.9 Å². The largest absolute Gasteiger partial charge is 0.293 e. The zero-order chi connectivity index (χ0) is 14.5. The Morgan fingerprint density at radius 1 is 1.15 bits per heavy atom. The van der Waals surface area contributed by atoms with Crippen LogP contribution in [-0.4, -0.2) is 20.4 Å². The Labute approximate surface area is 134 Å². The molecular weight excluding hydrogens is 384 g/mol. The molecule has 0 aliphatic heterocycles. The lowest BCUT2D eigenvalue weighted by molar-refractivity contribution is 0.0927. The molecule has 1 aromatic heterocycles. The molecule has 3 nitrogen and oxygen atoms in total. The minimum atomic E-state index is -0.226. The van der Waals surface area contributed by atoms with Crippen LogP contribution < -0.4 is 0 Å². The predicted octanol–water partition coefficient (Wildman–Crippen LogP) is 4.29. The number of rotatable bonds is 1. The predicted molar refractivity (Wildman–Crippen MR) is 86.1 cm³/mol. The molecule has 0 fully saturated rings. The molecule has 0 saturated carbocycles. The number of fused-ring (bicyclic) bond motifs is 1. The number of carbonyl (C=O) groups is 1. The van der Waals surface area contributed by atoms with Crippen LogP contribution >= 0.6 is 31.9 Å². The second-order valence-electron chi connectivity index (χ2n) is 5.60. The number of Topliss-reactive ketones (excluding diaryl/α,β-unsaturated/α-hetero) is 1. The molecule has 1 aliphatic rings. The highest BCUT2D eigenvalue weighted by molar-refractivity contribution is 9.10. The van der Waals surface area contributed by atoms with Gasteiger partial charge < -0.3 is 0 Å². The summed E-state index contributed by atoms with van der Waals surface area (Å²) in [6.45, 7) is 4.16. The lowest BCUT2D eigenvalue weighted by atomic mass is 9.76. The first kappa shape index (κ1) is 14.0. The van der Waals surface area contributed by atoms with Crippen LogP contribution in [0.5, 0.6) is 0 Å². The molecule has 0 bridgehead atoms. The maximum absolute atomic E-state index is 12.5. The van der Waals surface area contributed by atoms with E-state index in [0.717, 1.165) is 11.4 Å². The standard InChI is InChI=1S/C15H14Br2N2O/c1-15(2)13(16)11-10(12(20)14(15)17)8-18-19(11)9-6-4-3-5-7-9/h3-8,13-14H,1-2H3/t13-,14+/m0/s1. The summed E-state index contributed by atoms with van der Waals surface area (Å²) >= 11 is 7.30. The number of alkyl halides is 2. The molecule has 2 aromatic rings. The Balaban J connectivity index is 2.22. The first-order valence-electron chi connectivity index (χ1n) is 6.40. The second kappa shape index (κ2) is 4.81. The average Bonchev–Trinajstić information content (AvgIpc) is 2.89. The number of nitrogens with zero attached hydrogens (tertiary/aromatic N) is 2. The van der Waals surface area contributed by atoms with Crippen LogP contribution in [-0.2, 0) is 0 Å². The molecule has 1 aromatic carbocycles. The van der Waals surface area contributed by atoms with E-state index in [1.807, 2.05) is 35.0 Å². The lowest BCUT2D eigenvalue weighted by Crippen LogP contribution is -2.40. The summed E-state index contributed by atoms with van der Waals surface area (Å²) in [5.41, 5.74) is 2.37. The van der Waals surface area contributed by atoms with Gasteiger partial charge in [-0.3, -0.25) is 4.79 Å². The van der Waals surface area contributed by atoms with Gasteiger partial charge in [0.15, 0.2) is 5.78 Å². The van der Waals surface area contributed by atoms with Crippen molar-refractivity contribution < 1.29 is 4.79 Å². The van der Waals surface area contributed by atoms with Crippen molar-refractivity contribution in [1.29, 1.82) is 0 Å². The van der Waals surface area contributed by atoms with Gasteiger partial charge in [0, 0.05) is 5.41 Å². The van der Waals surface area contributed by atoms with E-state index in [0.29, 0.717) is 5.56 Å². The molecule has 1 heterocycles. The highest BCUT2D eigenvalue weighted by Crippen LogP contribution is 2.51. The number of benzene rings is 1. The summed E-state index contributed by atoms with van der Waals surface area (Å²) in [5, 5.41) is 4.41. The molecule has 2 atom stereocenters. The van der Waals surface area contributed by atoms with Crippen LogP contribution in [0.25, 0.3) is 5.69 Å². The zero-order valence-electron chi connectivity index (χ0n) is 11.2. The quantitative estimate of drug-likeness (QED) is 0.672. The number of hydrogen-bond donors (Lipinski definition) is 0. The number of aromatic nitrogens is 2. The fraction of sp³-hybridized carbons (Fsp3) is 0.333. The molecule has 1 aliphatic carbocycles. The Kier molecular flexibility index (Phi) is 3.37. The van der Waals surface area contributed by atoms with Crippen LogP contribution in [0, 0.1) is 5.41 Å². The summed E-state index contributed by atoms with van der Waals surface area (Å²) in [6, 6.07) is 9.88. The van der Waals surface area contributed by atoms with Crippen molar-refractivity contribution in [2.45, 2.75) is 23.5 Å². The monoisotopic (exact) mass is 396 g/mol. The Hall–Kier alpha value is -0.940. The molecule has 5 heteroatoms. The number of hydrogen-bond acceptors (Lipinski definition) is 2. The zero-order valence-corrected chi connectivity index (χ0v) is 14.3. The van der Waals surface area contributed by atoms with Crippen molar-refractivity contribution in [3.05, 3.63) is 47.8 Å². The van der Waals surface area contributed by atoms with Gasteiger partial charge in [-0.15, -0.1) is 0 Å². The smallest absolute Gasteiger partial charge is 0.180 e. The third-order valence-electron chi connectivity index (χ3n) is 3.85. The number of para-hydroxylation sites is 1. The summed E-state index contributed by atoms with van der Waals surface area (Å²) in [6.07, 6.45) is 1.67. The van der Waals surface area contributed by atoms with Crippen molar-refractivity contribution in [2.24, 2.45) is 5.41 Å². The van der Waals surface area contributed by atoms with Gasteiger partial charge in [-0.05, 0) is 12.1 Å². The van der Waals surface area contributed by atoms with E-state index >= 15 is 0 Å². The van der Waals surface area contributed by atoms with Crippen molar-refractivity contribution in [2.75, 3.05) is 0 Å². The van der Waals surface area contributed by atoms with Crippen LogP contribution in [0.15, 0.2) is 36.5 Å². The average molecular weight is 398 g/mol. The fourth-order valence-corrected chi connectivity index (χ4v) is 4.09. The normalized spacial score (nSPS) is 24.5. The first-order chi connectivity index (χ1) is 9.44. The molecule has 104 valence electrons. The van der Waals surface area contributed by atoms with Crippen molar-refractivity contribution >= 4 is 37.6 Å². The van der Waals surface area contributed by atoms with Gasteiger partial charge in [-0.2, -0.15) is 5.10 Å². The van der Waals surface area contributed by atoms with Crippen molar-refractivity contribution in [3.8, 4) is 5.69 Å². The molecule has 0 N–H and O–H groups in total. The Morgan fingerprint density at radius 2 is 1.80 bits per heavy atom. The van der Waals surface area contributed by atoms with Crippen LogP contribution in [0.1, 0.15) is 34.7 Å². The van der Waals surface area contributed by atoms with Gasteiger partial charge >= 0.3 is 0 Å². The van der Waals surface area contributed by atoms with Gasteiger partial charge in [0.1, 0.15) is 0 Å². The van der Waals surface area contributed by atoms with E-state index in [2.05, 4.69) is 50.8 Å². The maximum Gasteiger partial charge on any atom is 0.180 e. The maximum atomic E-state index is 12.5. The first-order valence-corrected chi connectivity index (χ1v) is 8.23. The molecule has 20 heavy (non-hydrogen) atoms. The fourth-order valence-electron chi connectivity index (χ4n) is 2.52. The highest BCUT2D eigenvalue weighted by Gasteiger charge is 2.48. The van der Waals surface area contributed by atoms with E-state index < -0.39 is 0 Å². The highest BCUT2D eigenvalue weighted by atomic mass is 79.9. The summed E-state index contributed by atoms with van der Waals surface area (Å²) in [5.74, 6) is 0.0999. The van der Waals surface area contributed by atoms with Gasteiger partial charge in [0.2, 0.25) is 0 Å². The van der Waals surface area contributed by atoms with Crippen LogP contribution in [0.4, 0.5) is 0 Å². The van der Waals surface area contributed by atoms with Crippen LogP contribution in [0.2, 0.25) is 0 Å². The molecular formula is C15H14Br2N2O. The number of ketones is 1. The van der Waals surface area contributed by atoms with E-state index in [1.165, 1.54) is 0 Å².